The maximum Gasteiger partial charge on any atom is 0.362 e. The van der Waals surface area contributed by atoms with Gasteiger partial charge in [0.1, 0.15) is 6.61 Å². The van der Waals surface area contributed by atoms with Crippen LogP contribution >= 0.6 is 0 Å². The largest absolute Gasteiger partial charge is 0.477 e. The van der Waals surface area contributed by atoms with Crippen LogP contribution in [0.1, 0.15) is 187 Å². The quantitative estimate of drug-likeness (QED) is 0.0282. The Labute approximate surface area is 380 Å². The molecule has 0 spiro atoms. The Kier molecular flexibility index (Phi) is 41.6. The van der Waals surface area contributed by atoms with Crippen LogP contribution in [0.2, 0.25) is 0 Å². The Hall–Kier alpha value is -3.49. The summed E-state index contributed by atoms with van der Waals surface area (Å²) < 4.78 is 17.2. The number of rotatable bonds is 43. The number of carboxylic acid groups (broad SMARTS) is 1. The van der Waals surface area contributed by atoms with Crippen LogP contribution in [-0.2, 0) is 28.6 Å². The first kappa shape index (κ1) is 58.5. The Morgan fingerprint density at radius 1 is 0.516 bits per heavy atom. The maximum atomic E-state index is 12.7. The van der Waals surface area contributed by atoms with Crippen molar-refractivity contribution < 1.29 is 38.2 Å². The third kappa shape index (κ3) is 41.8. The van der Waals surface area contributed by atoms with Crippen molar-refractivity contribution in [3.05, 3.63) is 85.1 Å². The molecular formula is C54H92NO7+. The van der Waals surface area contributed by atoms with E-state index in [2.05, 4.69) is 86.8 Å². The van der Waals surface area contributed by atoms with Crippen LogP contribution in [0.4, 0.5) is 0 Å². The van der Waals surface area contributed by atoms with Gasteiger partial charge in [-0.2, -0.15) is 0 Å². The van der Waals surface area contributed by atoms with Crippen LogP contribution in [0.15, 0.2) is 85.1 Å². The normalized spacial score (nSPS) is 13.6. The standard InChI is InChI=1S/C54H91NO7/c1-6-8-10-12-14-16-18-20-22-23-24-25-26-27-28-29-31-32-34-36-38-40-42-44-52(56)61-49-50(48-60-47-46-51(54(58)59)55(3,4)5)62-53(57)45-43-41-39-37-35-33-30-21-19-17-15-13-11-9-7-2/h9,11,15,17-18,20-21,23-24,30,35,37,41,43,50-51H,6-8,10,12-14,16,19,22,25-29,31-34,36,38-40,42,44-49H2,1-5H3/p+1/b11-9-,17-15-,20-18-,24-23-,30-21-,37-35-,43-41-. The maximum absolute atomic E-state index is 12.7. The number of unbranched alkanes of at least 4 members (excludes halogenated alkanes) is 16. The Morgan fingerprint density at radius 2 is 0.952 bits per heavy atom. The van der Waals surface area contributed by atoms with Gasteiger partial charge in [0.15, 0.2) is 12.1 Å². The van der Waals surface area contributed by atoms with Crippen LogP contribution < -0.4 is 0 Å². The van der Waals surface area contributed by atoms with E-state index < -0.39 is 24.1 Å². The van der Waals surface area contributed by atoms with E-state index in [1.807, 2.05) is 27.2 Å². The van der Waals surface area contributed by atoms with Crippen molar-refractivity contribution >= 4 is 17.9 Å². The number of allylic oxidation sites excluding steroid dienone is 13. The second kappa shape index (κ2) is 44.1. The number of esters is 2. The third-order valence-corrected chi connectivity index (χ3v) is 10.6. The molecule has 0 fully saturated rings. The van der Waals surface area contributed by atoms with Gasteiger partial charge in [0.25, 0.3) is 0 Å². The van der Waals surface area contributed by atoms with Gasteiger partial charge in [-0.3, -0.25) is 9.59 Å². The van der Waals surface area contributed by atoms with Crippen LogP contribution in [0.25, 0.3) is 0 Å². The van der Waals surface area contributed by atoms with Gasteiger partial charge < -0.3 is 23.8 Å². The molecule has 0 aromatic rings. The summed E-state index contributed by atoms with van der Waals surface area (Å²) in [6.45, 7) is 4.50. The van der Waals surface area contributed by atoms with E-state index in [0.717, 1.165) is 51.4 Å². The number of ether oxygens (including phenoxy) is 3. The molecular weight excluding hydrogens is 775 g/mol. The molecule has 0 saturated carbocycles. The molecule has 0 aromatic heterocycles. The predicted octanol–water partition coefficient (Wildman–Crippen LogP) is 14.1. The van der Waals surface area contributed by atoms with Gasteiger partial charge in [-0.15, -0.1) is 0 Å². The lowest BCUT2D eigenvalue weighted by atomic mass is 10.0. The SMILES string of the molecule is CC/C=C\C/C=C\C/C=C\C/C=C\C/C=C\CC(=O)OC(COCCC(C(=O)O)[N+](C)(C)C)COC(=O)CCCCCCCCCCCCC/C=C\C/C=C\CCCCCCC. The molecule has 0 radical (unpaired) electrons. The fraction of sp³-hybridized carbons (Fsp3) is 0.685. The topological polar surface area (TPSA) is 99.1 Å². The van der Waals surface area contributed by atoms with Crippen molar-refractivity contribution in [1.29, 1.82) is 0 Å². The average Bonchev–Trinajstić information content (AvgIpc) is 3.23. The number of carbonyl (C=O) groups excluding carboxylic acids is 2. The first-order valence-electron chi connectivity index (χ1n) is 24.6. The molecule has 0 amide bonds. The first-order valence-corrected chi connectivity index (χ1v) is 24.6. The lowest BCUT2D eigenvalue weighted by Crippen LogP contribution is -2.50. The van der Waals surface area contributed by atoms with Crippen LogP contribution in [0, 0.1) is 0 Å². The van der Waals surface area contributed by atoms with E-state index in [1.54, 1.807) is 6.08 Å². The number of quaternary nitrogens is 1. The van der Waals surface area contributed by atoms with Crippen molar-refractivity contribution in [2.75, 3.05) is 41.0 Å². The molecule has 8 heteroatoms. The van der Waals surface area contributed by atoms with Gasteiger partial charge in [0.05, 0.1) is 40.8 Å². The summed E-state index contributed by atoms with van der Waals surface area (Å²) in [6, 6.07) is -0.635. The van der Waals surface area contributed by atoms with Gasteiger partial charge in [0, 0.05) is 12.8 Å². The summed E-state index contributed by atoms with van der Waals surface area (Å²) in [7, 11) is 5.49. The zero-order valence-electron chi connectivity index (χ0n) is 40.3. The van der Waals surface area contributed by atoms with Crippen LogP contribution in [0.3, 0.4) is 0 Å². The highest BCUT2D eigenvalue weighted by Gasteiger charge is 2.31. The second-order valence-electron chi connectivity index (χ2n) is 17.4. The lowest BCUT2D eigenvalue weighted by molar-refractivity contribution is -0.887. The predicted molar refractivity (Wildman–Crippen MR) is 261 cm³/mol. The number of hydrogen-bond donors (Lipinski definition) is 1. The highest BCUT2D eigenvalue weighted by atomic mass is 16.6. The van der Waals surface area contributed by atoms with Gasteiger partial charge in [-0.25, -0.2) is 4.79 Å². The minimum absolute atomic E-state index is 0.0168. The van der Waals surface area contributed by atoms with Gasteiger partial charge >= 0.3 is 17.9 Å². The number of carboxylic acids is 1. The second-order valence-corrected chi connectivity index (χ2v) is 17.4. The van der Waals surface area contributed by atoms with E-state index >= 15 is 0 Å². The summed E-state index contributed by atoms with van der Waals surface area (Å²) in [5.41, 5.74) is 0. The van der Waals surface area contributed by atoms with E-state index in [4.69, 9.17) is 14.2 Å². The van der Waals surface area contributed by atoms with Crippen LogP contribution in [-0.4, -0.2) is 80.6 Å². The van der Waals surface area contributed by atoms with E-state index in [1.165, 1.54) is 96.3 Å². The smallest absolute Gasteiger partial charge is 0.362 e. The molecule has 0 heterocycles. The fourth-order valence-electron chi connectivity index (χ4n) is 6.79. The van der Waals surface area contributed by atoms with Crippen molar-refractivity contribution in [2.45, 2.75) is 199 Å². The summed E-state index contributed by atoms with van der Waals surface area (Å²) >= 11 is 0. The highest BCUT2D eigenvalue weighted by molar-refractivity contribution is 5.72. The number of likely N-dealkylation sites (N-methyl/N-ethyl adjacent to an activating group) is 1. The molecule has 62 heavy (non-hydrogen) atoms. The molecule has 0 saturated heterocycles. The van der Waals surface area contributed by atoms with E-state index in [9.17, 15) is 19.5 Å². The van der Waals surface area contributed by atoms with Gasteiger partial charge in [-0.1, -0.05) is 182 Å². The fourth-order valence-corrected chi connectivity index (χ4v) is 6.79. The van der Waals surface area contributed by atoms with E-state index in [0.29, 0.717) is 19.3 Å². The molecule has 0 aliphatic rings. The van der Waals surface area contributed by atoms with Crippen molar-refractivity contribution in [1.82, 2.24) is 0 Å². The van der Waals surface area contributed by atoms with Crippen molar-refractivity contribution in [2.24, 2.45) is 0 Å². The molecule has 0 aromatic carbocycles. The molecule has 2 unspecified atom stereocenters. The number of hydrogen-bond acceptors (Lipinski definition) is 6. The molecule has 2 atom stereocenters. The number of aliphatic carboxylic acids is 1. The van der Waals surface area contributed by atoms with Crippen molar-refractivity contribution in [3.63, 3.8) is 0 Å². The average molecular weight is 867 g/mol. The summed E-state index contributed by atoms with van der Waals surface area (Å²) in [5, 5.41) is 9.63. The van der Waals surface area contributed by atoms with Crippen LogP contribution in [0.5, 0.6) is 0 Å². The Bertz CT molecular complexity index is 1290. The summed E-state index contributed by atoms with van der Waals surface area (Å²) in [4.78, 5) is 37.0. The zero-order valence-corrected chi connectivity index (χ0v) is 40.3. The molecule has 354 valence electrons. The Morgan fingerprint density at radius 3 is 1.42 bits per heavy atom. The monoisotopic (exact) mass is 867 g/mol. The molecule has 0 rings (SSSR count). The van der Waals surface area contributed by atoms with Crippen molar-refractivity contribution in [3.8, 4) is 0 Å². The van der Waals surface area contributed by atoms with Gasteiger partial charge in [-0.05, 0) is 70.6 Å². The Balaban J connectivity index is 4.32. The summed E-state index contributed by atoms with van der Waals surface area (Å²) in [5.74, 6) is -1.64. The molecule has 0 bridgehead atoms. The minimum Gasteiger partial charge on any atom is -0.477 e. The molecule has 0 aliphatic carbocycles. The first-order chi connectivity index (χ1) is 30.1. The van der Waals surface area contributed by atoms with E-state index in [-0.39, 0.29) is 36.7 Å². The highest BCUT2D eigenvalue weighted by Crippen LogP contribution is 2.14. The zero-order chi connectivity index (χ0) is 45.6. The molecule has 0 aliphatic heterocycles. The summed E-state index contributed by atoms with van der Waals surface area (Å²) in [6.07, 6.45) is 58.1. The minimum atomic E-state index is -0.891. The molecule has 1 N–H and O–H groups in total. The number of nitrogens with zero attached hydrogens (tertiary/aromatic N) is 1. The van der Waals surface area contributed by atoms with Gasteiger partial charge in [0.2, 0.25) is 0 Å². The number of carbonyl (C=O) groups is 3. The lowest BCUT2D eigenvalue weighted by Gasteiger charge is -2.31. The third-order valence-electron chi connectivity index (χ3n) is 10.6. The molecule has 8 nitrogen and oxygen atoms in total.